The molecule has 9 heteroatoms. The van der Waals surface area contributed by atoms with Gasteiger partial charge in [0.25, 0.3) is 0 Å². The number of nitrogens with one attached hydrogen (secondary N) is 1. The van der Waals surface area contributed by atoms with Crippen LogP contribution >= 0.6 is 0 Å². The lowest BCUT2D eigenvalue weighted by molar-refractivity contribution is 0.0899. The van der Waals surface area contributed by atoms with E-state index in [9.17, 15) is 0 Å². The van der Waals surface area contributed by atoms with Crippen molar-refractivity contribution < 1.29 is 4.74 Å². The van der Waals surface area contributed by atoms with Gasteiger partial charge in [-0.3, -0.25) is 4.68 Å². The minimum absolute atomic E-state index is 0.494. The zero-order chi connectivity index (χ0) is 22.5. The molecular weight excluding hydrogens is 418 g/mol. The number of ether oxygens (including phenoxy) is 1. The Morgan fingerprint density at radius 2 is 2.09 bits per heavy atom. The minimum Gasteiger partial charge on any atom is -0.361 e. The first kappa shape index (κ1) is 21.5. The average Bonchev–Trinajstić information content (AvgIpc) is 3.05. The van der Waals surface area contributed by atoms with Crippen molar-refractivity contribution in [3.63, 3.8) is 0 Å². The van der Waals surface area contributed by atoms with Gasteiger partial charge in [-0.1, -0.05) is 26.6 Å². The number of aryl methyl sites for hydroxylation is 1. The van der Waals surface area contributed by atoms with Crippen molar-refractivity contribution in [3.05, 3.63) is 24.9 Å². The van der Waals surface area contributed by atoms with Gasteiger partial charge in [0.15, 0.2) is 0 Å². The third-order valence-electron chi connectivity index (χ3n) is 7.15. The highest BCUT2D eigenvalue weighted by Crippen LogP contribution is 2.60. The standard InChI is InChI=1S/C23H35N7OSi/c1-6-23-9-17(23)11-29(14-23)21-20-19(27-18-10-26-28(2)12-18)13-30(22(20)25-15-24-21)16-31-7-8-32(3,4)5/h10,12-13,15,17,27H,6-9,11,14,16H2,1-5H3. The van der Waals surface area contributed by atoms with Crippen molar-refractivity contribution >= 4 is 36.3 Å². The maximum Gasteiger partial charge on any atom is 0.149 e. The number of rotatable bonds is 9. The summed E-state index contributed by atoms with van der Waals surface area (Å²) in [7, 11) is 0.806. The summed E-state index contributed by atoms with van der Waals surface area (Å²) in [6, 6.07) is 1.15. The van der Waals surface area contributed by atoms with Gasteiger partial charge in [-0.05, 0) is 30.2 Å². The van der Waals surface area contributed by atoms with Crippen molar-refractivity contribution in [1.82, 2.24) is 24.3 Å². The Hall–Kier alpha value is -2.39. The van der Waals surface area contributed by atoms with Gasteiger partial charge in [-0.2, -0.15) is 5.10 Å². The molecule has 172 valence electrons. The molecule has 2 unspecified atom stereocenters. The SMILES string of the molecule is CCC12CC1CN(c1ncnc3c1c(Nc1cnn(C)c1)cn3COCC[Si](C)(C)C)C2. The van der Waals surface area contributed by atoms with Crippen LogP contribution in [0.5, 0.6) is 0 Å². The summed E-state index contributed by atoms with van der Waals surface area (Å²) >= 11 is 0. The molecule has 2 atom stereocenters. The van der Waals surface area contributed by atoms with Gasteiger partial charge >= 0.3 is 0 Å². The summed E-state index contributed by atoms with van der Waals surface area (Å²) in [6.07, 6.45) is 10.2. The van der Waals surface area contributed by atoms with E-state index in [4.69, 9.17) is 9.72 Å². The Bertz CT molecular complexity index is 1110. The molecular formula is C23H35N7OSi. The van der Waals surface area contributed by atoms with Gasteiger partial charge < -0.3 is 19.5 Å². The topological polar surface area (TPSA) is 73.0 Å². The second-order valence-corrected chi connectivity index (χ2v) is 16.4. The van der Waals surface area contributed by atoms with E-state index in [0.29, 0.717) is 12.1 Å². The van der Waals surface area contributed by atoms with Crippen LogP contribution in [0.15, 0.2) is 24.9 Å². The molecule has 1 N–H and O–H groups in total. The summed E-state index contributed by atoms with van der Waals surface area (Å²) in [5.41, 5.74) is 3.37. The molecule has 3 aromatic rings. The van der Waals surface area contributed by atoms with Crippen molar-refractivity contribution in [2.45, 2.75) is 52.2 Å². The molecule has 32 heavy (non-hydrogen) atoms. The third kappa shape index (κ3) is 4.03. The minimum atomic E-state index is -1.12. The maximum atomic E-state index is 6.07. The average molecular weight is 454 g/mol. The summed E-state index contributed by atoms with van der Waals surface area (Å²) in [4.78, 5) is 11.9. The van der Waals surface area contributed by atoms with Gasteiger partial charge in [-0.25, -0.2) is 9.97 Å². The molecule has 2 fully saturated rings. The summed E-state index contributed by atoms with van der Waals surface area (Å²) in [6.45, 7) is 12.9. The molecule has 4 heterocycles. The normalized spacial score (nSPS) is 22.5. The molecule has 0 aromatic carbocycles. The van der Waals surface area contributed by atoms with E-state index in [-0.39, 0.29) is 0 Å². The van der Waals surface area contributed by atoms with Gasteiger partial charge in [0.1, 0.15) is 24.5 Å². The number of hydrogen-bond donors (Lipinski definition) is 1. The Morgan fingerprint density at radius 1 is 1.25 bits per heavy atom. The van der Waals surface area contributed by atoms with Gasteiger partial charge in [0.05, 0.1) is 23.0 Å². The first-order valence-corrected chi connectivity index (χ1v) is 15.4. The Morgan fingerprint density at radius 3 is 2.78 bits per heavy atom. The number of aromatic nitrogens is 5. The van der Waals surface area contributed by atoms with E-state index in [1.54, 1.807) is 11.0 Å². The van der Waals surface area contributed by atoms with Crippen molar-refractivity contribution in [2.24, 2.45) is 18.4 Å². The molecule has 1 saturated carbocycles. The highest BCUT2D eigenvalue weighted by Gasteiger charge is 2.58. The molecule has 5 rings (SSSR count). The quantitative estimate of drug-likeness (QED) is 0.381. The van der Waals surface area contributed by atoms with Gasteiger partial charge in [0.2, 0.25) is 0 Å². The highest BCUT2D eigenvalue weighted by atomic mass is 28.3. The van der Waals surface area contributed by atoms with Gasteiger partial charge in [-0.15, -0.1) is 0 Å². The fraction of sp³-hybridized carbons (Fsp3) is 0.609. The van der Waals surface area contributed by atoms with Gasteiger partial charge in [0, 0.05) is 47.2 Å². The van der Waals surface area contributed by atoms with Crippen LogP contribution in [0.4, 0.5) is 17.2 Å². The molecule has 1 saturated heterocycles. The van der Waals surface area contributed by atoms with Crippen LogP contribution in [-0.4, -0.2) is 52.1 Å². The molecule has 0 bridgehead atoms. The van der Waals surface area contributed by atoms with Crippen molar-refractivity contribution in [2.75, 3.05) is 29.9 Å². The Balaban J connectivity index is 1.46. The molecule has 8 nitrogen and oxygen atoms in total. The van der Waals surface area contributed by atoms with Crippen molar-refractivity contribution in [3.8, 4) is 0 Å². The molecule has 0 radical (unpaired) electrons. The van der Waals surface area contributed by atoms with E-state index in [1.807, 2.05) is 19.4 Å². The molecule has 0 amide bonds. The van der Waals surface area contributed by atoms with E-state index in [1.165, 1.54) is 12.8 Å². The fourth-order valence-corrected chi connectivity index (χ4v) is 5.78. The molecule has 0 spiro atoms. The summed E-state index contributed by atoms with van der Waals surface area (Å²) < 4.78 is 9.98. The molecule has 2 aliphatic rings. The van der Waals surface area contributed by atoms with Crippen LogP contribution in [0.3, 0.4) is 0 Å². The Kier molecular flexibility index (Phi) is 5.28. The van der Waals surface area contributed by atoms with Crippen molar-refractivity contribution in [1.29, 1.82) is 0 Å². The van der Waals surface area contributed by atoms with E-state index < -0.39 is 8.07 Å². The monoisotopic (exact) mass is 453 g/mol. The second-order valence-electron chi connectivity index (χ2n) is 10.8. The van der Waals surface area contributed by atoms with Crippen LogP contribution < -0.4 is 10.2 Å². The van der Waals surface area contributed by atoms with E-state index >= 15 is 0 Å². The first-order valence-electron chi connectivity index (χ1n) is 11.7. The number of anilines is 3. The maximum absolute atomic E-state index is 6.07. The number of hydrogen-bond acceptors (Lipinski definition) is 6. The largest absolute Gasteiger partial charge is 0.361 e. The van der Waals surface area contributed by atoms with E-state index in [0.717, 1.165) is 59.9 Å². The third-order valence-corrected chi connectivity index (χ3v) is 8.86. The zero-order valence-electron chi connectivity index (χ0n) is 19.9. The predicted molar refractivity (Wildman–Crippen MR) is 131 cm³/mol. The fourth-order valence-electron chi connectivity index (χ4n) is 5.02. The number of fused-ring (bicyclic) bond motifs is 2. The second kappa shape index (κ2) is 7.88. The van der Waals surface area contributed by atoms with Crippen LogP contribution in [0.25, 0.3) is 11.0 Å². The molecule has 1 aliphatic carbocycles. The van der Waals surface area contributed by atoms with Crippen LogP contribution in [0.1, 0.15) is 19.8 Å². The number of piperidine rings is 1. The zero-order valence-corrected chi connectivity index (χ0v) is 20.9. The predicted octanol–water partition coefficient (Wildman–Crippen LogP) is 4.46. The highest BCUT2D eigenvalue weighted by molar-refractivity contribution is 6.76. The summed E-state index contributed by atoms with van der Waals surface area (Å²) in [5, 5.41) is 8.92. The van der Waals surface area contributed by atoms with Crippen LogP contribution in [0.2, 0.25) is 25.7 Å². The number of nitrogens with zero attached hydrogens (tertiary/aromatic N) is 6. The molecule has 1 aliphatic heterocycles. The van der Waals surface area contributed by atoms with Crippen LogP contribution in [-0.2, 0) is 18.5 Å². The smallest absolute Gasteiger partial charge is 0.149 e. The lowest BCUT2D eigenvalue weighted by Gasteiger charge is -2.22. The Labute approximate surface area is 191 Å². The lowest BCUT2D eigenvalue weighted by atomic mass is 10.0. The van der Waals surface area contributed by atoms with E-state index in [2.05, 4.69) is 57.6 Å². The van der Waals surface area contributed by atoms with Crippen LogP contribution in [0, 0.1) is 11.3 Å². The summed E-state index contributed by atoms with van der Waals surface area (Å²) in [5.74, 6) is 1.83. The molecule has 3 aromatic heterocycles. The first-order chi connectivity index (χ1) is 15.3. The lowest BCUT2D eigenvalue weighted by Crippen LogP contribution is -2.25.